The highest BCUT2D eigenvalue weighted by Gasteiger charge is 2.22. The number of nitrogens with zero attached hydrogens (tertiary/aromatic N) is 1. The topological polar surface area (TPSA) is 75.4 Å². The number of anilines is 1. The first-order valence-electron chi connectivity index (χ1n) is 9.41. The highest BCUT2D eigenvalue weighted by atomic mass is 35.5. The molecular weight excluding hydrogens is 400 g/mol. The largest absolute Gasteiger partial charge is 0.478 e. The molecule has 1 heterocycles. The lowest BCUT2D eigenvalue weighted by molar-refractivity contribution is 0.0697. The maximum absolute atomic E-state index is 11.1. The number of aromatic carboxylic acids is 1. The van der Waals surface area contributed by atoms with Gasteiger partial charge in [0.25, 0.3) is 0 Å². The Morgan fingerprint density at radius 2 is 1.77 bits per heavy atom. The van der Waals surface area contributed by atoms with Gasteiger partial charge in [-0.25, -0.2) is 4.79 Å². The predicted octanol–water partition coefficient (Wildman–Crippen LogP) is 6.28. The second kappa shape index (κ2) is 8.43. The van der Waals surface area contributed by atoms with E-state index in [1.165, 1.54) is 0 Å². The Kier molecular flexibility index (Phi) is 5.55. The maximum atomic E-state index is 11.1. The smallest absolute Gasteiger partial charge is 0.335 e. The number of carbonyl (C=O) groups is 1. The second-order valence-corrected chi connectivity index (χ2v) is 7.28. The summed E-state index contributed by atoms with van der Waals surface area (Å²) in [4.78, 5) is 11.1. The standard InChI is InChI=1S/C24H19ClN2O3/c1-15-6-5-9-20(25)21(15)22-19(23(30-27-22)16-7-3-2-4-8-16)14-26-18-12-10-17(11-13-18)24(28)29/h2-13,26H,14H2,1H3,(H,28,29). The van der Waals surface area contributed by atoms with E-state index < -0.39 is 5.97 Å². The van der Waals surface area contributed by atoms with Crippen LogP contribution in [0.1, 0.15) is 21.5 Å². The second-order valence-electron chi connectivity index (χ2n) is 6.87. The van der Waals surface area contributed by atoms with E-state index in [1.54, 1.807) is 24.3 Å². The Balaban J connectivity index is 1.74. The number of carboxylic acids is 1. The lowest BCUT2D eigenvalue weighted by Gasteiger charge is -2.11. The molecule has 0 spiro atoms. The molecule has 3 aromatic carbocycles. The van der Waals surface area contributed by atoms with Crippen LogP contribution in [-0.4, -0.2) is 16.2 Å². The van der Waals surface area contributed by atoms with Crippen LogP contribution < -0.4 is 5.32 Å². The summed E-state index contributed by atoms with van der Waals surface area (Å²) in [5, 5.41) is 17.4. The van der Waals surface area contributed by atoms with Crippen molar-refractivity contribution >= 4 is 23.3 Å². The zero-order valence-electron chi connectivity index (χ0n) is 16.2. The van der Waals surface area contributed by atoms with Gasteiger partial charge in [-0.2, -0.15) is 0 Å². The van der Waals surface area contributed by atoms with Gasteiger partial charge in [0.15, 0.2) is 5.76 Å². The zero-order chi connectivity index (χ0) is 21.1. The Bertz CT molecular complexity index is 1160. The number of halogens is 1. The summed E-state index contributed by atoms with van der Waals surface area (Å²) in [5.41, 5.74) is 5.35. The van der Waals surface area contributed by atoms with Crippen molar-refractivity contribution in [1.29, 1.82) is 0 Å². The third-order valence-corrected chi connectivity index (χ3v) is 5.20. The first-order chi connectivity index (χ1) is 14.5. The third-order valence-electron chi connectivity index (χ3n) is 4.88. The van der Waals surface area contributed by atoms with Crippen molar-refractivity contribution in [2.24, 2.45) is 0 Å². The van der Waals surface area contributed by atoms with Gasteiger partial charge in [-0.3, -0.25) is 0 Å². The lowest BCUT2D eigenvalue weighted by atomic mass is 9.99. The van der Waals surface area contributed by atoms with E-state index in [4.69, 9.17) is 21.2 Å². The van der Waals surface area contributed by atoms with Gasteiger partial charge >= 0.3 is 5.97 Å². The van der Waals surface area contributed by atoms with Gasteiger partial charge in [-0.05, 0) is 42.8 Å². The molecule has 4 aromatic rings. The Hall–Kier alpha value is -3.57. The number of nitrogens with one attached hydrogen (secondary N) is 1. The van der Waals surface area contributed by atoms with Gasteiger partial charge in [0, 0.05) is 28.9 Å². The highest BCUT2D eigenvalue weighted by Crippen LogP contribution is 2.37. The molecule has 0 unspecified atom stereocenters. The van der Waals surface area contributed by atoms with Crippen LogP contribution in [0.4, 0.5) is 5.69 Å². The molecule has 0 atom stereocenters. The van der Waals surface area contributed by atoms with Crippen LogP contribution >= 0.6 is 11.6 Å². The van der Waals surface area contributed by atoms with E-state index in [-0.39, 0.29) is 5.56 Å². The van der Waals surface area contributed by atoms with Crippen molar-refractivity contribution in [2.45, 2.75) is 13.5 Å². The number of aromatic nitrogens is 1. The lowest BCUT2D eigenvalue weighted by Crippen LogP contribution is -2.03. The molecule has 0 amide bonds. The molecule has 2 N–H and O–H groups in total. The van der Waals surface area contributed by atoms with Crippen LogP contribution in [0.5, 0.6) is 0 Å². The fraction of sp³-hybridized carbons (Fsp3) is 0.0833. The molecule has 0 saturated heterocycles. The summed E-state index contributed by atoms with van der Waals surface area (Å²) >= 11 is 6.50. The minimum atomic E-state index is -0.955. The molecule has 150 valence electrons. The van der Waals surface area contributed by atoms with Gasteiger partial charge in [0.05, 0.1) is 10.6 Å². The molecule has 4 rings (SSSR count). The number of hydrogen-bond donors (Lipinski definition) is 2. The normalized spacial score (nSPS) is 10.7. The SMILES string of the molecule is Cc1cccc(Cl)c1-c1noc(-c2ccccc2)c1CNc1ccc(C(=O)O)cc1. The molecule has 30 heavy (non-hydrogen) atoms. The first-order valence-corrected chi connectivity index (χ1v) is 9.79. The quantitative estimate of drug-likeness (QED) is 0.385. The molecule has 6 heteroatoms. The van der Waals surface area contributed by atoms with Crippen molar-refractivity contribution in [1.82, 2.24) is 5.16 Å². The van der Waals surface area contributed by atoms with E-state index in [2.05, 4.69) is 10.5 Å². The van der Waals surface area contributed by atoms with E-state index >= 15 is 0 Å². The van der Waals surface area contributed by atoms with Crippen molar-refractivity contribution in [3.63, 3.8) is 0 Å². The average molecular weight is 419 g/mol. The van der Waals surface area contributed by atoms with E-state index in [0.29, 0.717) is 23.0 Å². The van der Waals surface area contributed by atoms with Crippen molar-refractivity contribution in [3.05, 3.63) is 94.5 Å². The van der Waals surface area contributed by atoms with Crippen LogP contribution in [0.3, 0.4) is 0 Å². The van der Waals surface area contributed by atoms with Gasteiger partial charge in [0.1, 0.15) is 5.69 Å². The van der Waals surface area contributed by atoms with Crippen LogP contribution in [-0.2, 0) is 6.54 Å². The Morgan fingerprint density at radius 3 is 2.43 bits per heavy atom. The molecule has 0 bridgehead atoms. The number of hydrogen-bond acceptors (Lipinski definition) is 4. The van der Waals surface area contributed by atoms with E-state index in [9.17, 15) is 4.79 Å². The Labute approximate surface area is 178 Å². The average Bonchev–Trinajstić information content (AvgIpc) is 3.16. The fourth-order valence-corrected chi connectivity index (χ4v) is 3.65. The number of aryl methyl sites for hydroxylation is 1. The van der Waals surface area contributed by atoms with Crippen LogP contribution in [0, 0.1) is 6.92 Å². The summed E-state index contributed by atoms with van der Waals surface area (Å²) in [6, 6.07) is 22.1. The van der Waals surface area contributed by atoms with Crippen molar-refractivity contribution in [3.8, 4) is 22.6 Å². The fourth-order valence-electron chi connectivity index (χ4n) is 3.34. The molecule has 0 aliphatic heterocycles. The molecule has 0 saturated carbocycles. The molecule has 0 aliphatic carbocycles. The molecule has 0 fully saturated rings. The third kappa shape index (κ3) is 3.93. The predicted molar refractivity (Wildman–Crippen MR) is 118 cm³/mol. The van der Waals surface area contributed by atoms with E-state index in [0.717, 1.165) is 27.9 Å². The highest BCUT2D eigenvalue weighted by molar-refractivity contribution is 6.33. The van der Waals surface area contributed by atoms with Gasteiger partial charge < -0.3 is 14.9 Å². The minimum Gasteiger partial charge on any atom is -0.478 e. The summed E-state index contributed by atoms with van der Waals surface area (Å²) < 4.78 is 5.76. The van der Waals surface area contributed by atoms with E-state index in [1.807, 2.05) is 55.5 Å². The molecule has 1 aromatic heterocycles. The summed E-state index contributed by atoms with van der Waals surface area (Å²) in [6.45, 7) is 2.42. The number of benzene rings is 3. The first kappa shape index (κ1) is 19.7. The molecule has 0 aliphatic rings. The Morgan fingerprint density at radius 1 is 1.03 bits per heavy atom. The summed E-state index contributed by atoms with van der Waals surface area (Å²) in [5.74, 6) is -0.289. The van der Waals surface area contributed by atoms with Crippen LogP contribution in [0.25, 0.3) is 22.6 Å². The minimum absolute atomic E-state index is 0.239. The van der Waals surface area contributed by atoms with Crippen LogP contribution in [0.2, 0.25) is 5.02 Å². The van der Waals surface area contributed by atoms with Crippen LogP contribution in [0.15, 0.2) is 77.3 Å². The number of carboxylic acid groups (broad SMARTS) is 1. The summed E-state index contributed by atoms with van der Waals surface area (Å²) in [6.07, 6.45) is 0. The summed E-state index contributed by atoms with van der Waals surface area (Å²) in [7, 11) is 0. The molecule has 5 nitrogen and oxygen atoms in total. The zero-order valence-corrected chi connectivity index (χ0v) is 17.0. The monoisotopic (exact) mass is 418 g/mol. The van der Waals surface area contributed by atoms with Gasteiger partial charge in [-0.15, -0.1) is 0 Å². The van der Waals surface area contributed by atoms with Gasteiger partial charge in [-0.1, -0.05) is 59.2 Å². The molecule has 0 radical (unpaired) electrons. The van der Waals surface area contributed by atoms with Gasteiger partial charge in [0.2, 0.25) is 0 Å². The van der Waals surface area contributed by atoms with Crippen molar-refractivity contribution in [2.75, 3.05) is 5.32 Å². The maximum Gasteiger partial charge on any atom is 0.335 e. The number of rotatable bonds is 6. The molecular formula is C24H19ClN2O3. The van der Waals surface area contributed by atoms with Crippen molar-refractivity contribution < 1.29 is 14.4 Å².